The second-order valence-electron chi connectivity index (χ2n) is 6.13. The minimum Gasteiger partial charge on any atom is -0.393 e. The summed E-state index contributed by atoms with van der Waals surface area (Å²) in [6.45, 7) is 1.04. The lowest BCUT2D eigenvalue weighted by molar-refractivity contribution is -0.165. The molecule has 0 aliphatic carbocycles. The first-order valence-electron chi connectivity index (χ1n) is 8.11. The Kier molecular flexibility index (Phi) is 5.32. The number of aldehydes is 1. The molecule has 0 amide bonds. The second kappa shape index (κ2) is 7.38. The molecule has 0 aromatic heterocycles. The van der Waals surface area contributed by atoms with Crippen molar-refractivity contribution in [2.24, 2.45) is 5.10 Å². The fourth-order valence-electron chi connectivity index (χ4n) is 2.88. The highest BCUT2D eigenvalue weighted by Gasteiger charge is 2.53. The van der Waals surface area contributed by atoms with Crippen molar-refractivity contribution in [2.45, 2.75) is 17.5 Å². The molecule has 1 N–H and O–H groups in total. The van der Waals surface area contributed by atoms with E-state index in [1.807, 2.05) is 6.07 Å². The van der Waals surface area contributed by atoms with Gasteiger partial charge in [0.2, 0.25) is 5.72 Å². The minimum atomic E-state index is -1.53. The number of thioether (sulfide) groups is 1. The van der Waals surface area contributed by atoms with Gasteiger partial charge in [0.1, 0.15) is 16.7 Å². The number of methoxy groups -OCH3 is 1. The third-order valence-electron chi connectivity index (χ3n) is 4.45. The molecule has 2 aromatic carbocycles. The molecule has 0 saturated heterocycles. The Balaban J connectivity index is 2.20. The van der Waals surface area contributed by atoms with Crippen molar-refractivity contribution in [1.82, 2.24) is 5.01 Å². The van der Waals surface area contributed by atoms with Crippen LogP contribution in [0.1, 0.15) is 18.1 Å². The summed E-state index contributed by atoms with van der Waals surface area (Å²) in [6.07, 6.45) is 0.551. The SMILES string of the molecule is CO[C@](C)(C=O)N1N=C(c2cc(F)ccc2F)SC1(CO)c1ccccc1. The van der Waals surface area contributed by atoms with Crippen molar-refractivity contribution in [3.63, 3.8) is 0 Å². The lowest BCUT2D eigenvalue weighted by Gasteiger charge is -2.42. The van der Waals surface area contributed by atoms with Crippen LogP contribution in [0.3, 0.4) is 0 Å². The van der Waals surface area contributed by atoms with E-state index in [1.54, 1.807) is 24.3 Å². The predicted molar refractivity (Wildman–Crippen MR) is 99.0 cm³/mol. The van der Waals surface area contributed by atoms with Gasteiger partial charge in [-0.3, -0.25) is 4.79 Å². The van der Waals surface area contributed by atoms with Crippen molar-refractivity contribution >= 4 is 23.1 Å². The van der Waals surface area contributed by atoms with Gasteiger partial charge in [0, 0.05) is 12.7 Å². The average Bonchev–Trinajstić information content (AvgIpc) is 3.11. The van der Waals surface area contributed by atoms with Crippen LogP contribution in [0.5, 0.6) is 0 Å². The quantitative estimate of drug-likeness (QED) is 0.766. The first kappa shape index (κ1) is 19.5. The van der Waals surface area contributed by atoms with E-state index in [9.17, 15) is 18.7 Å². The fourth-order valence-corrected chi connectivity index (χ4v) is 4.21. The molecule has 8 heteroatoms. The van der Waals surface area contributed by atoms with Crippen molar-refractivity contribution in [3.8, 4) is 0 Å². The number of hydrogen-bond acceptors (Lipinski definition) is 6. The zero-order chi connectivity index (χ0) is 19.7. The minimum absolute atomic E-state index is 0.0550. The lowest BCUT2D eigenvalue weighted by atomic mass is 10.0. The zero-order valence-corrected chi connectivity index (χ0v) is 15.5. The number of rotatable bonds is 6. The highest BCUT2D eigenvalue weighted by molar-refractivity contribution is 8.15. The lowest BCUT2D eigenvalue weighted by Crippen LogP contribution is -2.55. The molecule has 1 heterocycles. The molecule has 1 aliphatic rings. The Morgan fingerprint density at radius 2 is 2.00 bits per heavy atom. The summed E-state index contributed by atoms with van der Waals surface area (Å²) < 4.78 is 33.4. The molecule has 5 nitrogen and oxygen atoms in total. The third-order valence-corrected chi connectivity index (χ3v) is 5.82. The number of ether oxygens (including phenoxy) is 1. The number of aliphatic hydroxyl groups is 1. The van der Waals surface area contributed by atoms with E-state index < -0.39 is 28.8 Å². The first-order valence-corrected chi connectivity index (χ1v) is 8.93. The van der Waals surface area contributed by atoms with Gasteiger partial charge in [-0.15, -0.1) is 0 Å². The highest BCUT2D eigenvalue weighted by Crippen LogP contribution is 2.50. The Morgan fingerprint density at radius 1 is 1.30 bits per heavy atom. The topological polar surface area (TPSA) is 62.1 Å². The summed E-state index contributed by atoms with van der Waals surface area (Å²) in [5, 5.41) is 16.1. The molecular formula is C19H18F2N2O3S. The Labute approximate surface area is 159 Å². The molecular weight excluding hydrogens is 374 g/mol. The number of hydrazone groups is 1. The van der Waals surface area contributed by atoms with Crippen LogP contribution < -0.4 is 0 Å². The number of carbonyl (C=O) groups excluding carboxylic acids is 1. The van der Waals surface area contributed by atoms with Crippen LogP contribution in [0.15, 0.2) is 53.6 Å². The molecule has 0 bridgehead atoms. The van der Waals surface area contributed by atoms with Crippen LogP contribution in [-0.2, 0) is 14.4 Å². The van der Waals surface area contributed by atoms with Crippen molar-refractivity contribution in [1.29, 1.82) is 0 Å². The van der Waals surface area contributed by atoms with Gasteiger partial charge in [-0.1, -0.05) is 42.1 Å². The molecule has 0 radical (unpaired) electrons. The van der Waals surface area contributed by atoms with Gasteiger partial charge in [-0.05, 0) is 30.7 Å². The van der Waals surface area contributed by atoms with Crippen LogP contribution in [0.4, 0.5) is 8.78 Å². The number of aliphatic hydroxyl groups excluding tert-OH is 1. The molecule has 0 spiro atoms. The van der Waals surface area contributed by atoms with E-state index in [-0.39, 0.29) is 10.6 Å². The maximum absolute atomic E-state index is 14.3. The predicted octanol–water partition coefficient (Wildman–Crippen LogP) is 3.08. The standard InChI is InChI=1S/C19H18F2N2O3S/c1-18(11-24,26-2)23-19(12-25,13-6-4-3-5-7-13)27-17(22-23)15-10-14(20)8-9-16(15)21/h3-11,25H,12H2,1-2H3/t18-,19?/m1/s1. The summed E-state index contributed by atoms with van der Waals surface area (Å²) in [6, 6.07) is 11.9. The number of nitrogens with zero attached hydrogens (tertiary/aromatic N) is 2. The average molecular weight is 392 g/mol. The molecule has 0 saturated carbocycles. The van der Waals surface area contributed by atoms with Crippen LogP contribution in [-0.4, -0.2) is 40.9 Å². The van der Waals surface area contributed by atoms with Crippen LogP contribution in [0, 0.1) is 11.6 Å². The zero-order valence-electron chi connectivity index (χ0n) is 14.7. The van der Waals surface area contributed by atoms with E-state index in [0.717, 1.165) is 30.0 Å². The van der Waals surface area contributed by atoms with Gasteiger partial charge < -0.3 is 9.84 Å². The first-order chi connectivity index (χ1) is 12.9. The van der Waals surface area contributed by atoms with Gasteiger partial charge in [-0.2, -0.15) is 5.10 Å². The van der Waals surface area contributed by atoms with Gasteiger partial charge in [0.25, 0.3) is 0 Å². The molecule has 142 valence electrons. The second-order valence-corrected chi connectivity index (χ2v) is 7.39. The number of carbonyl (C=O) groups is 1. The van der Waals surface area contributed by atoms with E-state index in [4.69, 9.17) is 4.74 Å². The van der Waals surface area contributed by atoms with Crippen LogP contribution in [0.2, 0.25) is 0 Å². The Hall–Kier alpha value is -2.29. The van der Waals surface area contributed by atoms with Gasteiger partial charge in [0.15, 0.2) is 11.2 Å². The van der Waals surface area contributed by atoms with Crippen molar-refractivity contribution in [3.05, 3.63) is 71.3 Å². The van der Waals surface area contributed by atoms with Crippen molar-refractivity contribution < 1.29 is 23.4 Å². The van der Waals surface area contributed by atoms with Gasteiger partial charge in [0.05, 0.1) is 6.61 Å². The van der Waals surface area contributed by atoms with Crippen LogP contribution >= 0.6 is 11.8 Å². The van der Waals surface area contributed by atoms with Gasteiger partial charge >= 0.3 is 0 Å². The fraction of sp³-hybridized carbons (Fsp3) is 0.263. The number of halogens is 2. The van der Waals surface area contributed by atoms with Gasteiger partial charge in [-0.25, -0.2) is 13.8 Å². The summed E-state index contributed by atoms with van der Waals surface area (Å²) in [7, 11) is 1.34. The molecule has 1 unspecified atom stereocenters. The summed E-state index contributed by atoms with van der Waals surface area (Å²) >= 11 is 1.03. The molecule has 27 heavy (non-hydrogen) atoms. The molecule has 2 aromatic rings. The number of benzene rings is 2. The normalized spacial score (nSPS) is 21.7. The monoisotopic (exact) mass is 392 g/mol. The third kappa shape index (κ3) is 3.24. The molecule has 0 fully saturated rings. The van der Waals surface area contributed by atoms with Crippen molar-refractivity contribution in [2.75, 3.05) is 13.7 Å². The maximum atomic E-state index is 14.3. The summed E-state index contributed by atoms with van der Waals surface area (Å²) in [4.78, 5) is 10.5. The smallest absolute Gasteiger partial charge is 0.211 e. The highest BCUT2D eigenvalue weighted by atomic mass is 32.2. The molecule has 3 rings (SSSR count). The van der Waals surface area contributed by atoms with E-state index >= 15 is 0 Å². The largest absolute Gasteiger partial charge is 0.393 e. The number of hydrogen-bond donors (Lipinski definition) is 1. The molecule has 2 atom stereocenters. The summed E-state index contributed by atoms with van der Waals surface area (Å²) in [5.74, 6) is -1.28. The van der Waals surface area contributed by atoms with E-state index in [1.165, 1.54) is 19.0 Å². The van der Waals surface area contributed by atoms with E-state index in [2.05, 4.69) is 5.10 Å². The van der Waals surface area contributed by atoms with Crippen LogP contribution in [0.25, 0.3) is 0 Å². The Morgan fingerprint density at radius 3 is 2.59 bits per heavy atom. The van der Waals surface area contributed by atoms with E-state index in [0.29, 0.717) is 11.8 Å². The maximum Gasteiger partial charge on any atom is 0.211 e. The molecule has 1 aliphatic heterocycles. The Bertz CT molecular complexity index is 881. The summed E-state index contributed by atoms with van der Waals surface area (Å²) in [5.41, 5.74) is -0.948.